The maximum absolute atomic E-state index is 5.67. The van der Waals surface area contributed by atoms with E-state index in [1.165, 1.54) is 11.1 Å². The van der Waals surface area contributed by atoms with Crippen molar-refractivity contribution in [2.75, 3.05) is 11.1 Å². The minimum atomic E-state index is 0.805. The molecular formula is C16H18N2. The number of benzene rings is 2. The summed E-state index contributed by atoms with van der Waals surface area (Å²) in [6.07, 6.45) is 0.924. The second-order valence-corrected chi connectivity index (χ2v) is 4.52. The van der Waals surface area contributed by atoms with Crippen molar-refractivity contribution in [2.45, 2.75) is 13.3 Å². The molecule has 18 heavy (non-hydrogen) atoms. The predicted octanol–water partition coefficient (Wildman–Crippen LogP) is 3.81. The fraction of sp³-hybridized carbons (Fsp3) is 0.125. The van der Waals surface area contributed by atoms with E-state index in [9.17, 15) is 0 Å². The highest BCUT2D eigenvalue weighted by atomic mass is 14.9. The van der Waals surface area contributed by atoms with E-state index >= 15 is 0 Å². The predicted molar refractivity (Wildman–Crippen MR) is 78.5 cm³/mol. The van der Waals surface area contributed by atoms with Gasteiger partial charge in [-0.3, -0.25) is 0 Å². The molecular weight excluding hydrogens is 220 g/mol. The van der Waals surface area contributed by atoms with Gasteiger partial charge in [-0.1, -0.05) is 30.8 Å². The minimum absolute atomic E-state index is 0.805. The van der Waals surface area contributed by atoms with Gasteiger partial charge in [0.05, 0.1) is 0 Å². The third-order valence-electron chi connectivity index (χ3n) is 2.70. The van der Waals surface area contributed by atoms with E-state index in [-0.39, 0.29) is 0 Å². The molecule has 0 saturated carbocycles. The van der Waals surface area contributed by atoms with Gasteiger partial charge in [0.25, 0.3) is 0 Å². The SMILES string of the molecule is C=C(C)Nc1ccc(Cc2ccc(N)cc2)cc1. The summed E-state index contributed by atoms with van der Waals surface area (Å²) in [4.78, 5) is 0. The summed E-state index contributed by atoms with van der Waals surface area (Å²) in [5.74, 6) is 0. The summed E-state index contributed by atoms with van der Waals surface area (Å²) in [5.41, 5.74) is 11.0. The number of allylic oxidation sites excluding steroid dienone is 1. The van der Waals surface area contributed by atoms with Gasteiger partial charge < -0.3 is 11.1 Å². The molecule has 2 aromatic rings. The largest absolute Gasteiger partial charge is 0.399 e. The number of nitrogens with two attached hydrogens (primary N) is 1. The Balaban J connectivity index is 2.06. The summed E-state index contributed by atoms with van der Waals surface area (Å²) >= 11 is 0. The molecule has 0 aliphatic heterocycles. The van der Waals surface area contributed by atoms with E-state index in [1.54, 1.807) is 0 Å². The van der Waals surface area contributed by atoms with Crippen molar-refractivity contribution in [1.82, 2.24) is 0 Å². The normalized spacial score (nSPS) is 10.1. The van der Waals surface area contributed by atoms with Gasteiger partial charge >= 0.3 is 0 Å². The highest BCUT2D eigenvalue weighted by Crippen LogP contribution is 2.15. The Morgan fingerprint density at radius 1 is 1.00 bits per heavy atom. The molecule has 0 aliphatic carbocycles. The van der Waals surface area contributed by atoms with Crippen molar-refractivity contribution in [2.24, 2.45) is 0 Å². The molecule has 0 aliphatic rings. The quantitative estimate of drug-likeness (QED) is 0.795. The van der Waals surface area contributed by atoms with Crippen LogP contribution in [0.2, 0.25) is 0 Å². The van der Waals surface area contributed by atoms with Crippen LogP contribution in [0.1, 0.15) is 18.1 Å². The third-order valence-corrected chi connectivity index (χ3v) is 2.70. The topological polar surface area (TPSA) is 38.0 Å². The molecule has 0 bridgehead atoms. The molecule has 0 radical (unpaired) electrons. The second-order valence-electron chi connectivity index (χ2n) is 4.52. The molecule has 2 rings (SSSR count). The van der Waals surface area contributed by atoms with Crippen LogP contribution in [0.3, 0.4) is 0 Å². The van der Waals surface area contributed by atoms with Crippen LogP contribution in [0.4, 0.5) is 11.4 Å². The Bertz CT molecular complexity index is 524. The van der Waals surface area contributed by atoms with Gasteiger partial charge in [0.15, 0.2) is 0 Å². The molecule has 0 unspecified atom stereocenters. The van der Waals surface area contributed by atoms with Gasteiger partial charge in [0.2, 0.25) is 0 Å². The van der Waals surface area contributed by atoms with E-state index in [1.807, 2.05) is 19.1 Å². The Labute approximate surface area is 108 Å². The molecule has 0 amide bonds. The molecule has 0 aromatic heterocycles. The van der Waals surface area contributed by atoms with E-state index in [4.69, 9.17) is 5.73 Å². The zero-order chi connectivity index (χ0) is 13.0. The Morgan fingerprint density at radius 3 is 2.00 bits per heavy atom. The smallest absolute Gasteiger partial charge is 0.0381 e. The van der Waals surface area contributed by atoms with Gasteiger partial charge in [-0.15, -0.1) is 0 Å². The third kappa shape index (κ3) is 3.39. The average molecular weight is 238 g/mol. The molecule has 2 aromatic carbocycles. The van der Waals surface area contributed by atoms with Crippen LogP contribution in [-0.2, 0) is 6.42 Å². The zero-order valence-corrected chi connectivity index (χ0v) is 10.6. The van der Waals surface area contributed by atoms with E-state index in [0.717, 1.165) is 23.5 Å². The minimum Gasteiger partial charge on any atom is -0.399 e. The van der Waals surface area contributed by atoms with Crippen molar-refractivity contribution in [3.63, 3.8) is 0 Å². The van der Waals surface area contributed by atoms with E-state index in [0.29, 0.717) is 0 Å². The summed E-state index contributed by atoms with van der Waals surface area (Å²) in [7, 11) is 0. The van der Waals surface area contributed by atoms with Crippen LogP contribution >= 0.6 is 0 Å². The summed E-state index contributed by atoms with van der Waals surface area (Å²) in [5, 5.41) is 3.19. The summed E-state index contributed by atoms with van der Waals surface area (Å²) in [6.45, 7) is 5.77. The number of nitrogens with one attached hydrogen (secondary N) is 1. The average Bonchev–Trinajstić information content (AvgIpc) is 2.34. The molecule has 92 valence electrons. The maximum Gasteiger partial charge on any atom is 0.0381 e. The zero-order valence-electron chi connectivity index (χ0n) is 10.6. The fourth-order valence-electron chi connectivity index (χ4n) is 1.82. The van der Waals surface area contributed by atoms with Gasteiger partial charge in [-0.2, -0.15) is 0 Å². The standard InChI is InChI=1S/C16H18N2/c1-12(2)18-16-9-5-14(6-10-16)11-13-3-7-15(17)8-4-13/h3-10,18H,1,11,17H2,2H3. The lowest BCUT2D eigenvalue weighted by atomic mass is 10.0. The molecule has 2 heteroatoms. The van der Waals surface area contributed by atoms with Crippen molar-refractivity contribution in [3.8, 4) is 0 Å². The number of hydrogen-bond acceptors (Lipinski definition) is 2. The van der Waals surface area contributed by atoms with Gasteiger partial charge in [0, 0.05) is 17.1 Å². The Morgan fingerprint density at radius 2 is 1.50 bits per heavy atom. The van der Waals surface area contributed by atoms with E-state index in [2.05, 4.69) is 48.3 Å². The molecule has 0 fully saturated rings. The first-order valence-corrected chi connectivity index (χ1v) is 5.99. The van der Waals surface area contributed by atoms with Crippen molar-refractivity contribution < 1.29 is 0 Å². The Kier molecular flexibility index (Phi) is 3.68. The van der Waals surface area contributed by atoms with Crippen molar-refractivity contribution in [1.29, 1.82) is 0 Å². The monoisotopic (exact) mass is 238 g/mol. The lowest BCUT2D eigenvalue weighted by Gasteiger charge is -2.07. The number of anilines is 2. The lowest BCUT2D eigenvalue weighted by Crippen LogP contribution is -1.94. The first kappa shape index (κ1) is 12.2. The molecule has 0 atom stereocenters. The summed E-state index contributed by atoms with van der Waals surface area (Å²) in [6, 6.07) is 16.4. The van der Waals surface area contributed by atoms with Crippen molar-refractivity contribution in [3.05, 3.63) is 71.9 Å². The molecule has 0 saturated heterocycles. The van der Waals surface area contributed by atoms with Gasteiger partial charge in [-0.05, 0) is 48.7 Å². The van der Waals surface area contributed by atoms with Crippen LogP contribution in [0.15, 0.2) is 60.8 Å². The summed E-state index contributed by atoms with van der Waals surface area (Å²) < 4.78 is 0. The maximum atomic E-state index is 5.67. The Hall–Kier alpha value is -2.22. The lowest BCUT2D eigenvalue weighted by molar-refractivity contribution is 1.19. The number of nitrogen functional groups attached to an aromatic ring is 1. The van der Waals surface area contributed by atoms with Crippen LogP contribution in [-0.4, -0.2) is 0 Å². The second kappa shape index (κ2) is 5.41. The van der Waals surface area contributed by atoms with E-state index < -0.39 is 0 Å². The molecule has 2 nitrogen and oxygen atoms in total. The number of hydrogen-bond donors (Lipinski definition) is 2. The van der Waals surface area contributed by atoms with Crippen molar-refractivity contribution >= 4 is 11.4 Å². The fourth-order valence-corrected chi connectivity index (χ4v) is 1.82. The molecule has 0 spiro atoms. The van der Waals surface area contributed by atoms with Gasteiger partial charge in [-0.25, -0.2) is 0 Å². The van der Waals surface area contributed by atoms with Gasteiger partial charge in [0.1, 0.15) is 0 Å². The highest BCUT2D eigenvalue weighted by molar-refractivity contribution is 5.49. The highest BCUT2D eigenvalue weighted by Gasteiger charge is 1.97. The van der Waals surface area contributed by atoms with Crippen LogP contribution in [0.5, 0.6) is 0 Å². The number of rotatable bonds is 4. The van der Waals surface area contributed by atoms with Crippen LogP contribution in [0.25, 0.3) is 0 Å². The molecule has 0 heterocycles. The molecule has 3 N–H and O–H groups in total. The van der Waals surface area contributed by atoms with Crippen LogP contribution < -0.4 is 11.1 Å². The van der Waals surface area contributed by atoms with Crippen LogP contribution in [0, 0.1) is 0 Å². The first-order valence-electron chi connectivity index (χ1n) is 5.99. The first-order chi connectivity index (χ1) is 8.63.